The van der Waals surface area contributed by atoms with Crippen LogP contribution in [0.3, 0.4) is 0 Å². The number of ether oxygens (including phenoxy) is 3. The van der Waals surface area contributed by atoms with E-state index >= 15 is 0 Å². The van der Waals surface area contributed by atoms with E-state index in [2.05, 4.69) is 15.0 Å². The maximum atomic E-state index is 10.6. The molecule has 1 aliphatic heterocycles. The molecule has 0 fully saturated rings. The molecule has 0 radical (unpaired) electrons. The summed E-state index contributed by atoms with van der Waals surface area (Å²) in [6.45, 7) is 0. The van der Waals surface area contributed by atoms with Crippen molar-refractivity contribution < 1.29 is 87.7 Å². The molecule has 3 rings (SSSR count). The van der Waals surface area contributed by atoms with Crippen LogP contribution in [0.2, 0.25) is 0 Å². The molecule has 0 amide bonds. The summed E-state index contributed by atoms with van der Waals surface area (Å²) in [5, 5.41) is 0. The molecule has 11 nitrogen and oxygen atoms in total. The number of rotatable bonds is 5. The Balaban J connectivity index is 0.00000156. The Labute approximate surface area is 186 Å². The summed E-state index contributed by atoms with van der Waals surface area (Å²) in [5.41, 5.74) is 6.53. The van der Waals surface area contributed by atoms with Crippen LogP contribution < -0.4 is 79.4 Å². The summed E-state index contributed by atoms with van der Waals surface area (Å²) >= 11 is 0. The van der Waals surface area contributed by atoms with Crippen LogP contribution >= 0.6 is 7.60 Å². The first-order chi connectivity index (χ1) is 10.9. The van der Waals surface area contributed by atoms with E-state index in [1.165, 1.54) is 19.5 Å². The second kappa shape index (κ2) is 9.25. The molecular weight excluding hydrogens is 375 g/mol. The van der Waals surface area contributed by atoms with E-state index in [0.717, 1.165) is 0 Å². The number of hydrogen-bond acceptors (Lipinski definition) is 10. The van der Waals surface area contributed by atoms with Gasteiger partial charge < -0.3 is 34.3 Å². The van der Waals surface area contributed by atoms with Crippen molar-refractivity contribution in [1.29, 1.82) is 0 Å². The number of hydrogen-bond donors (Lipinski definition) is 1. The average molecular weight is 387 g/mol. The molecular formula is C11H12N5Na2O6P. The Hall–Kier alpha value is -0.0400. The van der Waals surface area contributed by atoms with Crippen molar-refractivity contribution in [3.63, 3.8) is 0 Å². The molecule has 0 saturated heterocycles. The van der Waals surface area contributed by atoms with Gasteiger partial charge in [-0.25, -0.2) is 4.98 Å². The van der Waals surface area contributed by atoms with Gasteiger partial charge in [0.2, 0.25) is 0 Å². The summed E-state index contributed by atoms with van der Waals surface area (Å²) < 4.78 is 27.4. The fourth-order valence-corrected chi connectivity index (χ4v) is 2.36. The van der Waals surface area contributed by atoms with E-state index in [0.29, 0.717) is 11.2 Å². The second-order valence-corrected chi connectivity index (χ2v) is 6.09. The van der Waals surface area contributed by atoms with Crippen molar-refractivity contribution in [2.45, 2.75) is 12.5 Å². The average Bonchev–Trinajstić information content (AvgIpc) is 3.10. The minimum absolute atomic E-state index is 0. The van der Waals surface area contributed by atoms with Crippen LogP contribution in [0.1, 0.15) is 6.23 Å². The number of anilines is 1. The van der Waals surface area contributed by atoms with Crippen LogP contribution in [0.15, 0.2) is 18.5 Å². The Kier molecular flexibility index (Phi) is 8.51. The van der Waals surface area contributed by atoms with Crippen molar-refractivity contribution in [2.75, 3.05) is 19.2 Å². The molecule has 0 spiro atoms. The quantitative estimate of drug-likeness (QED) is 0.296. The number of nitrogens with two attached hydrogens (primary N) is 1. The monoisotopic (exact) mass is 387 g/mol. The standard InChI is InChI=1S/C11H14N5O6P.2Na/c1-20-11-14-9(12)8-10(15-11)16(4-13-8)6-2-3-7(22-6)21-5-23(17,18)19;;/h2-4,6-7H,5H2,1H3,(H2,12,14,15)(H2,17,18,19);;/q;2*+1/p-2/t6-,7+;;/m1../s1. The summed E-state index contributed by atoms with van der Waals surface area (Å²) in [7, 11) is -3.36. The van der Waals surface area contributed by atoms with E-state index < -0.39 is 26.5 Å². The zero-order valence-electron chi connectivity index (χ0n) is 13.9. The van der Waals surface area contributed by atoms with E-state index in [4.69, 9.17) is 19.9 Å². The Morgan fingerprint density at radius 1 is 1.36 bits per heavy atom. The van der Waals surface area contributed by atoms with Crippen molar-refractivity contribution in [3.05, 3.63) is 18.5 Å². The topological polar surface area (TPSA) is 160 Å². The molecule has 0 aromatic carbocycles. The Morgan fingerprint density at radius 2 is 2.08 bits per heavy atom. The third-order valence-electron chi connectivity index (χ3n) is 2.99. The number of fused-ring (bicyclic) bond motifs is 1. The van der Waals surface area contributed by atoms with E-state index in [9.17, 15) is 14.4 Å². The van der Waals surface area contributed by atoms with Gasteiger partial charge in [0.1, 0.15) is 0 Å². The molecule has 124 valence electrons. The third-order valence-corrected chi connectivity index (χ3v) is 3.45. The predicted octanol–water partition coefficient (Wildman–Crippen LogP) is -7.28. The van der Waals surface area contributed by atoms with Crippen LogP contribution in [-0.2, 0) is 14.0 Å². The molecule has 0 unspecified atom stereocenters. The van der Waals surface area contributed by atoms with Gasteiger partial charge in [-0.1, -0.05) is 0 Å². The van der Waals surface area contributed by atoms with Crippen molar-refractivity contribution in [2.24, 2.45) is 0 Å². The number of methoxy groups -OCH3 is 1. The van der Waals surface area contributed by atoms with Gasteiger partial charge in [-0.3, -0.25) is 4.57 Å². The molecule has 1 aliphatic rings. The summed E-state index contributed by atoms with van der Waals surface area (Å²) in [5.74, 6) is 0.152. The smallest absolute Gasteiger partial charge is 0.809 e. The number of aromatic nitrogens is 4. The molecule has 25 heavy (non-hydrogen) atoms. The van der Waals surface area contributed by atoms with Crippen LogP contribution in [0.5, 0.6) is 6.01 Å². The fourth-order valence-electron chi connectivity index (χ4n) is 2.03. The molecule has 14 heteroatoms. The first kappa shape index (κ1) is 23.0. The van der Waals surface area contributed by atoms with Crippen LogP contribution in [0, 0.1) is 0 Å². The maximum absolute atomic E-state index is 10.6. The van der Waals surface area contributed by atoms with Gasteiger partial charge >= 0.3 is 65.1 Å². The zero-order chi connectivity index (χ0) is 16.6. The molecule has 2 aromatic heterocycles. The minimum atomic E-state index is -4.76. The van der Waals surface area contributed by atoms with E-state index in [1.807, 2.05) is 0 Å². The molecule has 3 heterocycles. The first-order valence-electron chi connectivity index (χ1n) is 6.38. The summed E-state index contributed by atoms with van der Waals surface area (Å²) in [6, 6.07) is 0.0742. The Bertz CT molecular complexity index is 812. The molecule has 0 aliphatic carbocycles. The molecule has 0 saturated carbocycles. The van der Waals surface area contributed by atoms with Gasteiger partial charge in [-0.15, -0.1) is 0 Å². The van der Waals surface area contributed by atoms with Gasteiger partial charge in [0.25, 0.3) is 0 Å². The molecule has 2 aromatic rings. The van der Waals surface area contributed by atoms with Gasteiger partial charge in [0.05, 0.1) is 19.8 Å². The SMILES string of the molecule is COc1nc(N)c2ncn([C@H]3C=C[C@@H](OCP(=O)([O-])[O-])O3)c2n1.[Na+].[Na+]. The zero-order valence-corrected chi connectivity index (χ0v) is 18.8. The molecule has 2 atom stereocenters. The van der Waals surface area contributed by atoms with Crippen LogP contribution in [0.25, 0.3) is 11.2 Å². The molecule has 0 bridgehead atoms. The number of imidazole rings is 1. The van der Waals surface area contributed by atoms with Gasteiger partial charge in [-0.05, 0) is 19.7 Å². The van der Waals surface area contributed by atoms with Gasteiger partial charge in [0, 0.05) is 0 Å². The van der Waals surface area contributed by atoms with Crippen LogP contribution in [-0.4, -0.2) is 39.3 Å². The van der Waals surface area contributed by atoms with Crippen LogP contribution in [0.4, 0.5) is 5.82 Å². The largest absolute Gasteiger partial charge is 1.00 e. The normalized spacial score (nSPS) is 19.5. The first-order valence-corrected chi connectivity index (χ1v) is 8.10. The van der Waals surface area contributed by atoms with E-state index in [-0.39, 0.29) is 70.9 Å². The van der Waals surface area contributed by atoms with Crippen molar-refractivity contribution >= 4 is 24.6 Å². The number of nitrogens with zero attached hydrogens (tertiary/aromatic N) is 4. The Morgan fingerprint density at radius 3 is 2.72 bits per heavy atom. The summed E-state index contributed by atoms with van der Waals surface area (Å²) in [4.78, 5) is 33.4. The minimum Gasteiger partial charge on any atom is -0.809 e. The second-order valence-electron chi connectivity index (χ2n) is 4.61. The van der Waals surface area contributed by atoms with Gasteiger partial charge in [0.15, 0.2) is 29.5 Å². The summed E-state index contributed by atoms with van der Waals surface area (Å²) in [6.07, 6.45) is 1.96. The maximum Gasteiger partial charge on any atom is 1.00 e. The van der Waals surface area contributed by atoms with E-state index in [1.54, 1.807) is 10.6 Å². The van der Waals surface area contributed by atoms with Crippen molar-refractivity contribution in [3.8, 4) is 6.01 Å². The van der Waals surface area contributed by atoms with Gasteiger partial charge in [-0.2, -0.15) is 9.97 Å². The fraction of sp³-hybridized carbons (Fsp3) is 0.364. The third kappa shape index (κ3) is 5.47. The predicted molar refractivity (Wildman–Crippen MR) is 72.9 cm³/mol. The van der Waals surface area contributed by atoms with Crippen molar-refractivity contribution in [1.82, 2.24) is 19.5 Å². The molecule has 2 N–H and O–H groups in total. The number of nitrogen functional groups attached to an aromatic ring is 1.